The van der Waals surface area contributed by atoms with Gasteiger partial charge in [0, 0.05) is 33.1 Å². The number of Topliss-reactive ketones (excluding diaryl/α,β-unsaturated/α-hetero) is 1. The maximum absolute atomic E-state index is 15.3. The molecule has 4 bridgehead atoms. The number of allylic oxidation sites excluding steroid dienone is 4. The number of rotatable bonds is 8. The van der Waals surface area contributed by atoms with Gasteiger partial charge in [-0.1, -0.05) is 91.3 Å². The van der Waals surface area contributed by atoms with E-state index >= 15 is 4.79 Å². The Bertz CT molecular complexity index is 2050. The fraction of sp³-hybridized carbons (Fsp3) is 0.731. The Balaban J connectivity index is 1.02. The summed E-state index contributed by atoms with van der Waals surface area (Å²) in [6.07, 6.45) is 18.7. The number of hydrogen-bond donors (Lipinski definition) is 2. The first-order valence-corrected chi connectivity index (χ1v) is 24.6. The molecule has 7 saturated carbocycles. The number of ketones is 1. The summed E-state index contributed by atoms with van der Waals surface area (Å²) in [7, 11) is 0. The molecular formula is C52H71NO5S. The molecule has 12 rings (SSSR count). The van der Waals surface area contributed by atoms with Crippen LogP contribution in [0.2, 0.25) is 0 Å². The number of benzene rings is 1. The van der Waals surface area contributed by atoms with E-state index in [0.717, 1.165) is 77.8 Å². The number of carbonyl (C=O) groups excluding carboxylic acids is 2. The second-order valence-corrected chi connectivity index (χ2v) is 24.2. The second-order valence-electron chi connectivity index (χ2n) is 23.1. The zero-order valence-electron chi connectivity index (χ0n) is 37.0. The summed E-state index contributed by atoms with van der Waals surface area (Å²) in [5.41, 5.74) is -1.48. The van der Waals surface area contributed by atoms with Gasteiger partial charge in [0.15, 0.2) is 5.78 Å². The van der Waals surface area contributed by atoms with Gasteiger partial charge < -0.3 is 19.8 Å². The van der Waals surface area contributed by atoms with E-state index in [-0.39, 0.29) is 58.7 Å². The van der Waals surface area contributed by atoms with Crippen LogP contribution in [0.3, 0.4) is 0 Å². The molecule has 6 nitrogen and oxygen atoms in total. The number of nitrogens with zero attached hydrogens (tertiary/aromatic N) is 1. The van der Waals surface area contributed by atoms with E-state index in [1.54, 1.807) is 11.3 Å². The van der Waals surface area contributed by atoms with E-state index in [4.69, 9.17) is 4.74 Å². The van der Waals surface area contributed by atoms with Crippen molar-refractivity contribution in [3.8, 4) is 0 Å². The van der Waals surface area contributed by atoms with Crippen LogP contribution in [0.4, 0.5) is 4.79 Å². The summed E-state index contributed by atoms with van der Waals surface area (Å²) in [5.74, 6) is 3.46. The lowest BCUT2D eigenvalue weighted by Crippen LogP contribution is -2.67. The number of carbonyl (C=O) groups is 2. The van der Waals surface area contributed by atoms with Gasteiger partial charge in [0.25, 0.3) is 0 Å². The number of aliphatic hydroxyl groups is 2. The average Bonchev–Trinajstić information content (AvgIpc) is 3.75. The lowest BCUT2D eigenvalue weighted by molar-refractivity contribution is -0.177. The number of thiophene rings is 1. The molecule has 10 aliphatic carbocycles. The first-order chi connectivity index (χ1) is 27.9. The lowest BCUT2D eigenvalue weighted by Gasteiger charge is -2.71. The van der Waals surface area contributed by atoms with E-state index < -0.39 is 16.4 Å². The van der Waals surface area contributed by atoms with Crippen LogP contribution in [0, 0.1) is 74.4 Å². The van der Waals surface area contributed by atoms with E-state index in [1.165, 1.54) is 19.3 Å². The highest BCUT2D eigenvalue weighted by molar-refractivity contribution is 7.21. The van der Waals surface area contributed by atoms with Crippen molar-refractivity contribution >= 4 is 33.3 Å². The molecular weight excluding hydrogens is 751 g/mol. The van der Waals surface area contributed by atoms with Crippen LogP contribution < -0.4 is 0 Å². The fourth-order valence-corrected chi connectivity index (χ4v) is 17.3. The number of hydrogen-bond acceptors (Lipinski definition) is 6. The van der Waals surface area contributed by atoms with Crippen molar-refractivity contribution in [2.24, 2.45) is 74.4 Å². The topological polar surface area (TPSA) is 87.1 Å². The highest BCUT2D eigenvalue weighted by atomic mass is 32.1. The molecule has 1 unspecified atom stereocenters. The first-order valence-electron chi connectivity index (χ1n) is 23.8. The molecule has 7 heteroatoms. The summed E-state index contributed by atoms with van der Waals surface area (Å²) in [6, 6.07) is 10.4. The summed E-state index contributed by atoms with van der Waals surface area (Å²) < 4.78 is 7.81. The van der Waals surface area contributed by atoms with Gasteiger partial charge in [0.05, 0.1) is 23.1 Å². The van der Waals surface area contributed by atoms with Crippen LogP contribution in [0.1, 0.15) is 142 Å². The molecule has 2 N–H and O–H groups in total. The third-order valence-electron chi connectivity index (χ3n) is 20.0. The van der Waals surface area contributed by atoms with E-state index in [2.05, 4.69) is 84.9 Å². The highest BCUT2D eigenvalue weighted by Gasteiger charge is 2.75. The monoisotopic (exact) mass is 822 g/mol. The zero-order valence-corrected chi connectivity index (χ0v) is 37.8. The van der Waals surface area contributed by atoms with Crippen LogP contribution >= 0.6 is 11.3 Å². The minimum Gasteiger partial charge on any atom is -0.446 e. The molecule has 0 aliphatic heterocycles. The Kier molecular flexibility index (Phi) is 9.46. The Morgan fingerprint density at radius 1 is 0.915 bits per heavy atom. The maximum Gasteiger partial charge on any atom is 0.410 e. The van der Waals surface area contributed by atoms with Gasteiger partial charge in [-0.05, 0) is 153 Å². The number of fused-ring (bicyclic) bond motifs is 4. The van der Waals surface area contributed by atoms with Crippen molar-refractivity contribution in [1.29, 1.82) is 0 Å². The largest absolute Gasteiger partial charge is 0.446 e. The smallest absolute Gasteiger partial charge is 0.410 e. The predicted octanol–water partition coefficient (Wildman–Crippen LogP) is 11.6. The predicted molar refractivity (Wildman–Crippen MR) is 236 cm³/mol. The molecule has 14 atom stereocenters. The minimum atomic E-state index is -1.13. The normalized spacial score (nSPS) is 45.3. The Morgan fingerprint density at radius 2 is 1.66 bits per heavy atom. The van der Waals surface area contributed by atoms with Crippen LogP contribution in [-0.2, 0) is 4.74 Å². The number of ether oxygens (including phenoxy) is 1. The second kappa shape index (κ2) is 13.8. The van der Waals surface area contributed by atoms with Gasteiger partial charge in [-0.2, -0.15) is 0 Å². The van der Waals surface area contributed by atoms with Gasteiger partial charge in [0.2, 0.25) is 0 Å². The quantitative estimate of drug-likeness (QED) is 0.205. The van der Waals surface area contributed by atoms with Crippen LogP contribution in [0.5, 0.6) is 0 Å². The molecule has 1 heterocycles. The summed E-state index contributed by atoms with van der Waals surface area (Å²) >= 11 is 1.59. The summed E-state index contributed by atoms with van der Waals surface area (Å²) in [6.45, 7) is 17.4. The molecule has 1 amide bonds. The maximum atomic E-state index is 15.3. The van der Waals surface area contributed by atoms with Crippen molar-refractivity contribution in [2.75, 3.05) is 13.1 Å². The van der Waals surface area contributed by atoms with Gasteiger partial charge in [-0.15, -0.1) is 11.3 Å². The van der Waals surface area contributed by atoms with Crippen molar-refractivity contribution in [3.05, 3.63) is 59.0 Å². The molecule has 1 aromatic heterocycles. The summed E-state index contributed by atoms with van der Waals surface area (Å²) in [5, 5.41) is 25.8. The molecule has 10 aliphatic rings. The standard InChI is InChI=1S/C52H71NO5S/c1-31(2)37-15-12-32(3)24-40(37)58-46(56)53(29-34-13-14-35-26-38(34)47(35,4)5)30-51(57)21-18-44-49(51,7)20-17-43-48(6)19-16-36(54)27-50(48)22-23-52(43,44)39(28-50)45(55)42-25-33-10-8-9-11-41(33)59-42/h8-11,22-23,25,28,31-32,34-38,40,43-44,54,57H,12-21,24,26-27,29-30H2,1-7H3/t32-,34-,35-,36?,37+,38-,40-,43+,44+,48+,49-,50-,51+,52+/m0/s1. The fourth-order valence-electron chi connectivity index (χ4n) is 16.3. The van der Waals surface area contributed by atoms with Crippen molar-refractivity contribution in [1.82, 2.24) is 4.90 Å². The van der Waals surface area contributed by atoms with E-state index in [9.17, 15) is 15.0 Å². The third-order valence-corrected chi connectivity index (χ3v) is 21.1. The average molecular weight is 822 g/mol. The first kappa shape index (κ1) is 40.6. The van der Waals surface area contributed by atoms with Crippen LogP contribution in [0.15, 0.2) is 54.1 Å². The number of amides is 1. The lowest BCUT2D eigenvalue weighted by atomic mass is 9.32. The van der Waals surface area contributed by atoms with Crippen molar-refractivity contribution < 1.29 is 24.5 Å². The molecule has 2 spiro atoms. The Morgan fingerprint density at radius 3 is 2.41 bits per heavy atom. The SMILES string of the molecule is CC(C)[C@H]1CC[C@H](C)C[C@@H]1OC(=O)N(C[C@@H]1CC[C@H]2C[C@@H]1C2(C)C)C[C@]1(O)CC[C@H]2[C@]34C=C[C@@]5(C=C3C(=O)c3cc6ccccc6s3)CC(O)CC[C@]5(C)[C@H]4CC[C@@]21C. The Hall–Kier alpha value is -2.48. The zero-order chi connectivity index (χ0) is 41.5. The Labute approximate surface area is 357 Å². The van der Waals surface area contributed by atoms with E-state index in [1.807, 2.05) is 17.0 Å². The van der Waals surface area contributed by atoms with Gasteiger partial charge in [-0.3, -0.25) is 4.79 Å². The molecule has 0 radical (unpaired) electrons. The summed E-state index contributed by atoms with van der Waals surface area (Å²) in [4.78, 5) is 33.0. The number of aliphatic hydroxyl groups excluding tert-OH is 1. The molecule has 0 saturated heterocycles. The molecule has 2 aromatic rings. The minimum absolute atomic E-state index is 0.0324. The van der Waals surface area contributed by atoms with Gasteiger partial charge in [-0.25, -0.2) is 4.79 Å². The van der Waals surface area contributed by atoms with E-state index in [0.29, 0.717) is 49.0 Å². The molecule has 7 fully saturated rings. The van der Waals surface area contributed by atoms with Gasteiger partial charge >= 0.3 is 6.09 Å². The van der Waals surface area contributed by atoms with Crippen LogP contribution in [0.25, 0.3) is 10.1 Å². The highest BCUT2D eigenvalue weighted by Crippen LogP contribution is 2.78. The van der Waals surface area contributed by atoms with Crippen molar-refractivity contribution in [2.45, 2.75) is 150 Å². The van der Waals surface area contributed by atoms with Crippen LogP contribution in [-0.4, -0.2) is 57.9 Å². The van der Waals surface area contributed by atoms with Gasteiger partial charge in [0.1, 0.15) is 6.10 Å². The van der Waals surface area contributed by atoms with Crippen molar-refractivity contribution in [3.63, 3.8) is 0 Å². The molecule has 1 aromatic carbocycles. The molecule has 59 heavy (non-hydrogen) atoms. The molecule has 320 valence electrons. The third kappa shape index (κ3) is 5.74.